The monoisotopic (exact) mass is 258 g/mol. The van der Waals surface area contributed by atoms with E-state index in [4.69, 9.17) is 4.74 Å². The van der Waals surface area contributed by atoms with Crippen LogP contribution >= 0.6 is 0 Å². The van der Waals surface area contributed by atoms with E-state index in [2.05, 4.69) is 15.4 Å². The lowest BCUT2D eigenvalue weighted by Gasteiger charge is -2.25. The minimum absolute atomic E-state index is 0.170. The van der Waals surface area contributed by atoms with Gasteiger partial charge in [-0.2, -0.15) is 0 Å². The minimum Gasteiger partial charge on any atom is -0.467 e. The third kappa shape index (κ3) is 4.62. The Morgan fingerprint density at radius 1 is 1.50 bits per heavy atom. The van der Waals surface area contributed by atoms with E-state index >= 15 is 0 Å². The van der Waals surface area contributed by atoms with Crippen molar-refractivity contribution in [3.63, 3.8) is 0 Å². The minimum atomic E-state index is -0.655. The highest BCUT2D eigenvalue weighted by atomic mass is 16.5. The molecule has 6 heteroatoms. The van der Waals surface area contributed by atoms with Crippen molar-refractivity contribution in [3.05, 3.63) is 0 Å². The highest BCUT2D eigenvalue weighted by Crippen LogP contribution is 2.23. The van der Waals surface area contributed by atoms with Crippen LogP contribution in [0.2, 0.25) is 0 Å². The lowest BCUT2D eigenvalue weighted by Crippen LogP contribution is -2.49. The van der Waals surface area contributed by atoms with Crippen molar-refractivity contribution in [2.24, 2.45) is 0 Å². The highest BCUT2D eigenvalue weighted by molar-refractivity contribution is 5.83. The molecule has 0 spiro atoms. The fraction of sp³-hybridized carbons (Fsp3) is 0.833. The third-order valence-electron chi connectivity index (χ3n) is 3.01. The number of rotatable bonds is 6. The van der Waals surface area contributed by atoms with Gasteiger partial charge in [0.15, 0.2) is 0 Å². The fourth-order valence-corrected chi connectivity index (χ4v) is 2.04. The van der Waals surface area contributed by atoms with E-state index in [-0.39, 0.29) is 11.5 Å². The van der Waals surface area contributed by atoms with E-state index in [1.807, 2.05) is 6.92 Å². The molecule has 1 aliphatic heterocycles. The van der Waals surface area contributed by atoms with Crippen molar-refractivity contribution in [1.29, 1.82) is 0 Å². The van der Waals surface area contributed by atoms with Gasteiger partial charge >= 0.3 is 5.97 Å². The smallest absolute Gasteiger partial charge is 0.329 e. The van der Waals surface area contributed by atoms with Gasteiger partial charge in [-0.15, -0.1) is 0 Å². The molecular weight excluding hydrogens is 236 g/mol. The van der Waals surface area contributed by atoms with Gasteiger partial charge in [0.1, 0.15) is 6.04 Å². The van der Waals surface area contributed by atoms with Crippen LogP contribution in [0.3, 0.4) is 0 Å². The molecule has 2 unspecified atom stereocenters. The van der Waals surface area contributed by atoms with Gasteiger partial charge in [0.2, 0.25) is 5.91 Å². The van der Waals surface area contributed by atoms with Crippen LogP contribution in [0.25, 0.3) is 0 Å². The molecule has 0 aliphatic carbocycles. The molecule has 0 aromatic carbocycles. The summed E-state index contributed by atoms with van der Waals surface area (Å²) < 4.78 is 10.3. The number of hydrogen-bond donors (Lipinski definition) is 2. The van der Waals surface area contributed by atoms with E-state index in [0.29, 0.717) is 13.1 Å². The van der Waals surface area contributed by atoms with Crippen LogP contribution in [0, 0.1) is 0 Å². The Morgan fingerprint density at radius 2 is 2.22 bits per heavy atom. The molecular formula is C12H22N2O4. The van der Waals surface area contributed by atoms with Crippen LogP contribution in [0.5, 0.6) is 0 Å². The third-order valence-corrected chi connectivity index (χ3v) is 3.01. The molecule has 0 bridgehead atoms. The molecule has 2 atom stereocenters. The summed E-state index contributed by atoms with van der Waals surface area (Å²) in [6, 6.07) is -0.655. The molecule has 1 amide bonds. The molecule has 1 heterocycles. The summed E-state index contributed by atoms with van der Waals surface area (Å²) in [7, 11) is 1.30. The molecule has 18 heavy (non-hydrogen) atoms. The summed E-state index contributed by atoms with van der Waals surface area (Å²) >= 11 is 0. The van der Waals surface area contributed by atoms with Crippen LogP contribution in [-0.4, -0.2) is 50.3 Å². The number of nitrogens with one attached hydrogen (secondary N) is 2. The maximum Gasteiger partial charge on any atom is 0.329 e. The van der Waals surface area contributed by atoms with Gasteiger partial charge in [0, 0.05) is 26.6 Å². The molecule has 0 saturated carbocycles. The van der Waals surface area contributed by atoms with Gasteiger partial charge < -0.3 is 20.1 Å². The van der Waals surface area contributed by atoms with E-state index < -0.39 is 12.0 Å². The first-order valence-corrected chi connectivity index (χ1v) is 6.16. The van der Waals surface area contributed by atoms with Gasteiger partial charge in [0.05, 0.1) is 12.7 Å². The first-order valence-electron chi connectivity index (χ1n) is 6.16. The number of ether oxygens (including phenoxy) is 2. The van der Waals surface area contributed by atoms with Crippen LogP contribution in [0.1, 0.15) is 26.7 Å². The molecule has 0 aromatic heterocycles. The second kappa shape index (κ2) is 6.70. The zero-order valence-electron chi connectivity index (χ0n) is 11.2. The van der Waals surface area contributed by atoms with Gasteiger partial charge in [-0.3, -0.25) is 4.79 Å². The van der Waals surface area contributed by atoms with Crippen molar-refractivity contribution in [2.45, 2.75) is 38.3 Å². The number of esters is 1. The molecule has 1 saturated heterocycles. The summed E-state index contributed by atoms with van der Waals surface area (Å²) in [6.45, 7) is 5.19. The standard InChI is InChI=1S/C12H22N2O4/c1-9(15)14-10(11(16)17-3)7-13-8-12(2)5-4-6-18-12/h10,13H,4-8H2,1-3H3,(H,14,15). The number of methoxy groups -OCH3 is 1. The zero-order chi connectivity index (χ0) is 13.6. The van der Waals surface area contributed by atoms with Crippen LogP contribution in [-0.2, 0) is 19.1 Å². The van der Waals surface area contributed by atoms with E-state index in [0.717, 1.165) is 19.4 Å². The van der Waals surface area contributed by atoms with Gasteiger partial charge in [-0.05, 0) is 19.8 Å². The molecule has 2 N–H and O–H groups in total. The van der Waals surface area contributed by atoms with E-state index in [9.17, 15) is 9.59 Å². The Labute approximate surface area is 107 Å². The SMILES string of the molecule is COC(=O)C(CNCC1(C)CCCO1)NC(C)=O. The number of amides is 1. The second-order valence-electron chi connectivity index (χ2n) is 4.81. The zero-order valence-corrected chi connectivity index (χ0v) is 11.2. The second-order valence-corrected chi connectivity index (χ2v) is 4.81. The Morgan fingerprint density at radius 3 is 2.72 bits per heavy atom. The van der Waals surface area contributed by atoms with Crippen LogP contribution in [0.4, 0.5) is 0 Å². The molecule has 0 radical (unpaired) electrons. The predicted molar refractivity (Wildman–Crippen MR) is 66.1 cm³/mol. The molecule has 1 fully saturated rings. The topological polar surface area (TPSA) is 76.7 Å². The number of carbonyl (C=O) groups is 2. The average molecular weight is 258 g/mol. The lowest BCUT2D eigenvalue weighted by molar-refractivity contribution is -0.144. The van der Waals surface area contributed by atoms with Crippen LogP contribution < -0.4 is 10.6 Å². The highest BCUT2D eigenvalue weighted by Gasteiger charge is 2.30. The Hall–Kier alpha value is -1.14. The number of hydrogen-bond acceptors (Lipinski definition) is 5. The quantitative estimate of drug-likeness (QED) is 0.646. The van der Waals surface area contributed by atoms with E-state index in [1.165, 1.54) is 14.0 Å². The maximum absolute atomic E-state index is 11.4. The van der Waals surface area contributed by atoms with Gasteiger partial charge in [0.25, 0.3) is 0 Å². The predicted octanol–water partition coefficient (Wildman–Crippen LogP) is -0.177. The van der Waals surface area contributed by atoms with Crippen molar-refractivity contribution >= 4 is 11.9 Å². The van der Waals surface area contributed by atoms with Crippen molar-refractivity contribution < 1.29 is 19.1 Å². The van der Waals surface area contributed by atoms with Crippen molar-refractivity contribution in [2.75, 3.05) is 26.8 Å². The van der Waals surface area contributed by atoms with E-state index in [1.54, 1.807) is 0 Å². The normalized spacial score (nSPS) is 24.6. The van der Waals surface area contributed by atoms with Gasteiger partial charge in [-0.1, -0.05) is 0 Å². The van der Waals surface area contributed by atoms with Crippen molar-refractivity contribution in [1.82, 2.24) is 10.6 Å². The summed E-state index contributed by atoms with van der Waals surface area (Å²) in [4.78, 5) is 22.4. The Balaban J connectivity index is 2.36. The Bertz CT molecular complexity index is 300. The first-order chi connectivity index (χ1) is 8.47. The molecule has 0 aromatic rings. The molecule has 1 aliphatic rings. The number of carbonyl (C=O) groups excluding carboxylic acids is 2. The van der Waals surface area contributed by atoms with Crippen LogP contribution in [0.15, 0.2) is 0 Å². The Kier molecular flexibility index (Phi) is 5.55. The first kappa shape index (κ1) is 14.9. The van der Waals surface area contributed by atoms with Crippen molar-refractivity contribution in [3.8, 4) is 0 Å². The summed E-state index contributed by atoms with van der Waals surface area (Å²) in [6.07, 6.45) is 2.06. The average Bonchev–Trinajstić information content (AvgIpc) is 2.73. The summed E-state index contributed by atoms with van der Waals surface area (Å²) in [5.74, 6) is -0.703. The summed E-state index contributed by atoms with van der Waals surface area (Å²) in [5, 5.41) is 5.70. The fourth-order valence-electron chi connectivity index (χ4n) is 2.04. The largest absolute Gasteiger partial charge is 0.467 e. The molecule has 104 valence electrons. The molecule has 1 rings (SSSR count). The summed E-state index contributed by atoms with van der Waals surface area (Å²) in [5.41, 5.74) is -0.170. The molecule has 6 nitrogen and oxygen atoms in total. The maximum atomic E-state index is 11.4. The van der Waals surface area contributed by atoms with Gasteiger partial charge in [-0.25, -0.2) is 4.79 Å². The lowest BCUT2D eigenvalue weighted by atomic mass is 10.0.